The lowest BCUT2D eigenvalue weighted by molar-refractivity contribution is -0.138. The lowest BCUT2D eigenvalue weighted by Crippen LogP contribution is -2.39. The largest absolute Gasteiger partial charge is 0.379 e. The summed E-state index contributed by atoms with van der Waals surface area (Å²) in [6.07, 6.45) is 1.21. The average molecular weight is 456 g/mol. The molecule has 1 aliphatic heterocycles. The van der Waals surface area contributed by atoms with Crippen LogP contribution in [0, 0.1) is 5.41 Å². The minimum atomic E-state index is -0.438. The molecule has 2 aromatic carbocycles. The molecule has 0 N–H and O–H groups in total. The lowest BCUT2D eigenvalue weighted by atomic mass is 9.87. The fourth-order valence-corrected chi connectivity index (χ4v) is 3.80. The molecule has 0 aromatic heterocycles. The van der Waals surface area contributed by atoms with Crippen molar-refractivity contribution in [2.75, 3.05) is 52.9 Å². The molecule has 0 spiro atoms. The molecule has 0 saturated carbocycles. The monoisotopic (exact) mass is 455 g/mol. The van der Waals surface area contributed by atoms with E-state index >= 15 is 0 Å². The second kappa shape index (κ2) is 14.1. The Hall–Kier alpha value is -2.25. The highest BCUT2D eigenvalue weighted by Gasteiger charge is 2.31. The molecule has 0 aliphatic carbocycles. The van der Waals surface area contributed by atoms with Gasteiger partial charge in [-0.15, -0.1) is 0 Å². The lowest BCUT2D eigenvalue weighted by Gasteiger charge is -2.32. The highest BCUT2D eigenvalue weighted by molar-refractivity contribution is 5.77. The predicted molar refractivity (Wildman–Crippen MR) is 128 cm³/mol. The van der Waals surface area contributed by atoms with Crippen molar-refractivity contribution in [3.8, 4) is 0 Å². The number of hydrogen-bond donors (Lipinski definition) is 0. The molecule has 2 aromatic rings. The van der Waals surface area contributed by atoms with E-state index in [-0.39, 0.29) is 5.91 Å². The zero-order chi connectivity index (χ0) is 23.2. The van der Waals surface area contributed by atoms with Crippen LogP contribution in [0.1, 0.15) is 30.9 Å². The van der Waals surface area contributed by atoms with E-state index in [0.29, 0.717) is 72.4 Å². The minimum absolute atomic E-state index is 0.0889. The zero-order valence-electron chi connectivity index (χ0n) is 19.7. The Kier molecular flexibility index (Phi) is 10.8. The predicted octanol–water partition coefficient (Wildman–Crippen LogP) is 4.08. The molecule has 1 saturated heterocycles. The summed E-state index contributed by atoms with van der Waals surface area (Å²) >= 11 is 0. The van der Waals surface area contributed by atoms with Crippen LogP contribution < -0.4 is 0 Å². The molecule has 0 atom stereocenters. The molecule has 1 fully saturated rings. The van der Waals surface area contributed by atoms with E-state index in [1.807, 2.05) is 41.3 Å². The normalized spacial score (nSPS) is 18.2. The van der Waals surface area contributed by atoms with Gasteiger partial charge in [-0.1, -0.05) is 67.6 Å². The Morgan fingerprint density at radius 2 is 1.18 bits per heavy atom. The maximum absolute atomic E-state index is 13.6. The number of amides is 1. The molecule has 6 heteroatoms. The number of carbonyl (C=O) groups excluding carboxylic acids is 1. The van der Waals surface area contributed by atoms with Crippen molar-refractivity contribution < 1.29 is 23.7 Å². The third-order valence-electron chi connectivity index (χ3n) is 5.59. The molecule has 6 nitrogen and oxygen atoms in total. The Morgan fingerprint density at radius 1 is 0.727 bits per heavy atom. The summed E-state index contributed by atoms with van der Waals surface area (Å²) in [5, 5.41) is 0. The van der Waals surface area contributed by atoms with Gasteiger partial charge in [-0.05, 0) is 17.5 Å². The van der Waals surface area contributed by atoms with Gasteiger partial charge in [0.15, 0.2) is 0 Å². The van der Waals surface area contributed by atoms with Crippen LogP contribution in [0.15, 0.2) is 60.7 Å². The maximum Gasteiger partial charge on any atom is 0.223 e. The van der Waals surface area contributed by atoms with Gasteiger partial charge in [0, 0.05) is 38.1 Å². The molecule has 1 heterocycles. The molecular formula is C27H37NO5. The van der Waals surface area contributed by atoms with E-state index in [4.69, 9.17) is 18.9 Å². The van der Waals surface area contributed by atoms with Crippen LogP contribution in [-0.4, -0.2) is 63.7 Å². The van der Waals surface area contributed by atoms with Crippen LogP contribution in [0.2, 0.25) is 0 Å². The van der Waals surface area contributed by atoms with E-state index in [9.17, 15) is 4.79 Å². The summed E-state index contributed by atoms with van der Waals surface area (Å²) in [6, 6.07) is 20.2. The first-order valence-electron chi connectivity index (χ1n) is 11.8. The van der Waals surface area contributed by atoms with Crippen molar-refractivity contribution in [3.63, 3.8) is 0 Å². The van der Waals surface area contributed by atoms with Crippen LogP contribution >= 0.6 is 0 Å². The first kappa shape index (κ1) is 25.4. The SMILES string of the molecule is CC1(CC(=O)N(Cc2ccccc2)Cc2ccccc2)COCCOCCCOCCOC1. The Balaban J connectivity index is 1.67. The van der Waals surface area contributed by atoms with Gasteiger partial charge in [-0.2, -0.15) is 0 Å². The van der Waals surface area contributed by atoms with Gasteiger partial charge in [0.1, 0.15) is 0 Å². The standard InChI is InChI=1S/C27H37NO5/c1-27(22-32-17-15-30-13-8-14-31-16-18-33-23-27)19-26(29)28(20-24-9-4-2-5-10-24)21-25-11-6-3-7-12-25/h2-7,9-12H,8,13-23H2,1H3. The van der Waals surface area contributed by atoms with Gasteiger partial charge in [-0.3, -0.25) is 4.79 Å². The minimum Gasteiger partial charge on any atom is -0.379 e. The van der Waals surface area contributed by atoms with Gasteiger partial charge in [0.05, 0.1) is 39.6 Å². The van der Waals surface area contributed by atoms with Gasteiger partial charge in [0.2, 0.25) is 5.91 Å². The van der Waals surface area contributed by atoms with Crippen molar-refractivity contribution in [3.05, 3.63) is 71.8 Å². The molecule has 33 heavy (non-hydrogen) atoms. The highest BCUT2D eigenvalue weighted by Crippen LogP contribution is 2.25. The summed E-state index contributed by atoms with van der Waals surface area (Å²) in [5.74, 6) is 0.0889. The van der Waals surface area contributed by atoms with Gasteiger partial charge in [-0.25, -0.2) is 0 Å². The van der Waals surface area contributed by atoms with Crippen molar-refractivity contribution in [2.45, 2.75) is 32.9 Å². The second-order valence-electron chi connectivity index (χ2n) is 8.89. The second-order valence-corrected chi connectivity index (χ2v) is 8.89. The number of rotatable bonds is 6. The molecule has 0 unspecified atom stereocenters. The Morgan fingerprint density at radius 3 is 1.67 bits per heavy atom. The molecule has 0 radical (unpaired) electrons. The summed E-state index contributed by atoms with van der Waals surface area (Å²) in [5.41, 5.74) is 1.78. The van der Waals surface area contributed by atoms with Crippen molar-refractivity contribution >= 4 is 5.91 Å². The number of carbonyl (C=O) groups is 1. The molecule has 0 bridgehead atoms. The van der Waals surface area contributed by atoms with Crippen LogP contribution in [0.5, 0.6) is 0 Å². The molecule has 180 valence electrons. The topological polar surface area (TPSA) is 57.2 Å². The summed E-state index contributed by atoms with van der Waals surface area (Å²) in [7, 11) is 0. The number of nitrogens with zero attached hydrogens (tertiary/aromatic N) is 1. The van der Waals surface area contributed by atoms with E-state index in [0.717, 1.165) is 17.5 Å². The molecule has 1 aliphatic rings. The van der Waals surface area contributed by atoms with Gasteiger partial charge in [0.25, 0.3) is 0 Å². The number of hydrogen-bond acceptors (Lipinski definition) is 5. The first-order chi connectivity index (χ1) is 16.1. The van der Waals surface area contributed by atoms with Crippen molar-refractivity contribution in [2.24, 2.45) is 5.41 Å². The maximum atomic E-state index is 13.6. The van der Waals surface area contributed by atoms with Crippen LogP contribution in [-0.2, 0) is 36.8 Å². The molecule has 1 amide bonds. The van der Waals surface area contributed by atoms with Crippen molar-refractivity contribution in [1.29, 1.82) is 0 Å². The van der Waals surface area contributed by atoms with Crippen LogP contribution in [0.4, 0.5) is 0 Å². The third-order valence-corrected chi connectivity index (χ3v) is 5.59. The Labute approximate surface area is 197 Å². The molecule has 3 rings (SSSR count). The van der Waals surface area contributed by atoms with Gasteiger partial charge >= 0.3 is 0 Å². The zero-order valence-corrected chi connectivity index (χ0v) is 19.7. The van der Waals surface area contributed by atoms with Crippen LogP contribution in [0.3, 0.4) is 0 Å². The highest BCUT2D eigenvalue weighted by atomic mass is 16.5. The first-order valence-corrected chi connectivity index (χ1v) is 11.8. The molecular weight excluding hydrogens is 418 g/mol. The smallest absolute Gasteiger partial charge is 0.223 e. The van der Waals surface area contributed by atoms with E-state index in [2.05, 4.69) is 31.2 Å². The fourth-order valence-electron chi connectivity index (χ4n) is 3.80. The number of benzene rings is 2. The van der Waals surface area contributed by atoms with E-state index in [1.54, 1.807) is 0 Å². The summed E-state index contributed by atoms with van der Waals surface area (Å²) in [6.45, 7) is 7.47. The van der Waals surface area contributed by atoms with Gasteiger partial charge < -0.3 is 23.8 Å². The van der Waals surface area contributed by atoms with E-state index in [1.165, 1.54) is 0 Å². The number of ether oxygens (including phenoxy) is 4. The Bertz CT molecular complexity index is 743. The third kappa shape index (κ3) is 9.64. The van der Waals surface area contributed by atoms with Crippen LogP contribution in [0.25, 0.3) is 0 Å². The average Bonchev–Trinajstić information content (AvgIpc) is 2.83. The van der Waals surface area contributed by atoms with Crippen molar-refractivity contribution in [1.82, 2.24) is 4.90 Å². The summed E-state index contributed by atoms with van der Waals surface area (Å²) in [4.78, 5) is 15.5. The quantitative estimate of drug-likeness (QED) is 0.657. The fraction of sp³-hybridized carbons (Fsp3) is 0.519. The summed E-state index contributed by atoms with van der Waals surface area (Å²) < 4.78 is 23.0. The van der Waals surface area contributed by atoms with E-state index < -0.39 is 5.41 Å².